The number of hydrogen-bond acceptors (Lipinski definition) is 6. The van der Waals surface area contributed by atoms with Crippen LogP contribution in [-0.4, -0.2) is 33.8 Å². The van der Waals surface area contributed by atoms with Gasteiger partial charge >= 0.3 is 12.0 Å². The Hall–Kier alpha value is -2.90. The van der Waals surface area contributed by atoms with E-state index < -0.39 is 11.9 Å². The minimum absolute atomic E-state index is 0.0182. The molecule has 0 spiro atoms. The number of aromatic nitrogens is 2. The van der Waals surface area contributed by atoms with E-state index in [1.54, 1.807) is 13.0 Å². The SMILES string of the molecule is Cc1nnc(NC(=O)COc2cccc(C(=O)O)c2)o1. The molecule has 0 aliphatic heterocycles. The maximum absolute atomic E-state index is 11.5. The van der Waals surface area contributed by atoms with Crippen LogP contribution < -0.4 is 10.1 Å². The number of hydrogen-bond donors (Lipinski definition) is 2. The summed E-state index contributed by atoms with van der Waals surface area (Å²) in [6.07, 6.45) is 0. The molecule has 0 aliphatic rings. The molecule has 2 rings (SSSR count). The van der Waals surface area contributed by atoms with Crippen LogP contribution in [0.15, 0.2) is 28.7 Å². The second kappa shape index (κ2) is 5.83. The van der Waals surface area contributed by atoms with E-state index in [0.717, 1.165) is 0 Å². The Morgan fingerprint density at radius 1 is 1.40 bits per heavy atom. The maximum atomic E-state index is 11.5. The van der Waals surface area contributed by atoms with E-state index in [2.05, 4.69) is 15.5 Å². The minimum Gasteiger partial charge on any atom is -0.484 e. The molecular formula is C12H11N3O5. The van der Waals surface area contributed by atoms with Crippen LogP contribution in [0.25, 0.3) is 0 Å². The Morgan fingerprint density at radius 2 is 2.20 bits per heavy atom. The van der Waals surface area contributed by atoms with Crippen LogP contribution in [0.1, 0.15) is 16.2 Å². The van der Waals surface area contributed by atoms with Gasteiger partial charge < -0.3 is 14.3 Å². The molecule has 1 heterocycles. The lowest BCUT2D eigenvalue weighted by Crippen LogP contribution is -2.20. The predicted molar refractivity (Wildman–Crippen MR) is 66.6 cm³/mol. The summed E-state index contributed by atoms with van der Waals surface area (Å²) in [7, 11) is 0. The van der Waals surface area contributed by atoms with Crippen LogP contribution >= 0.6 is 0 Å². The third-order valence-electron chi connectivity index (χ3n) is 2.22. The molecule has 0 atom stereocenters. The zero-order valence-electron chi connectivity index (χ0n) is 10.5. The molecule has 8 heteroatoms. The molecular weight excluding hydrogens is 266 g/mol. The number of carboxylic acid groups (broad SMARTS) is 1. The quantitative estimate of drug-likeness (QED) is 0.840. The van der Waals surface area contributed by atoms with E-state index in [4.69, 9.17) is 14.3 Å². The molecule has 2 N–H and O–H groups in total. The van der Waals surface area contributed by atoms with E-state index >= 15 is 0 Å². The van der Waals surface area contributed by atoms with Gasteiger partial charge in [0.25, 0.3) is 5.91 Å². The highest BCUT2D eigenvalue weighted by Crippen LogP contribution is 2.13. The zero-order valence-corrected chi connectivity index (χ0v) is 10.5. The fraction of sp³-hybridized carbons (Fsp3) is 0.167. The summed E-state index contributed by atoms with van der Waals surface area (Å²) in [5.74, 6) is -0.951. The highest BCUT2D eigenvalue weighted by atomic mass is 16.5. The fourth-order valence-electron chi connectivity index (χ4n) is 1.37. The summed E-state index contributed by atoms with van der Waals surface area (Å²) in [6.45, 7) is 1.29. The second-order valence-electron chi connectivity index (χ2n) is 3.80. The summed E-state index contributed by atoms with van der Waals surface area (Å²) in [6, 6.07) is 5.81. The minimum atomic E-state index is -1.07. The lowest BCUT2D eigenvalue weighted by atomic mass is 10.2. The topological polar surface area (TPSA) is 115 Å². The maximum Gasteiger partial charge on any atom is 0.335 e. The van der Waals surface area contributed by atoms with Gasteiger partial charge in [-0.2, -0.15) is 0 Å². The Kier molecular flexibility index (Phi) is 3.94. The number of nitrogens with zero attached hydrogens (tertiary/aromatic N) is 2. The number of carbonyl (C=O) groups is 2. The smallest absolute Gasteiger partial charge is 0.335 e. The third kappa shape index (κ3) is 3.55. The molecule has 0 bridgehead atoms. The van der Waals surface area contributed by atoms with E-state index in [1.807, 2.05) is 0 Å². The first-order chi connectivity index (χ1) is 9.54. The Morgan fingerprint density at radius 3 is 2.85 bits per heavy atom. The average molecular weight is 277 g/mol. The van der Waals surface area contributed by atoms with Crippen molar-refractivity contribution in [2.24, 2.45) is 0 Å². The first kappa shape index (κ1) is 13.5. The average Bonchev–Trinajstić information content (AvgIpc) is 2.82. The van der Waals surface area contributed by atoms with Gasteiger partial charge in [-0.05, 0) is 18.2 Å². The Balaban J connectivity index is 1.90. The van der Waals surface area contributed by atoms with Crippen molar-refractivity contribution in [1.82, 2.24) is 10.2 Å². The number of rotatable bonds is 5. The van der Waals surface area contributed by atoms with E-state index in [0.29, 0.717) is 5.89 Å². The van der Waals surface area contributed by atoms with Crippen LogP contribution in [0.3, 0.4) is 0 Å². The van der Waals surface area contributed by atoms with Crippen LogP contribution in [0.4, 0.5) is 6.01 Å². The van der Waals surface area contributed by atoms with E-state index in [-0.39, 0.29) is 23.9 Å². The molecule has 0 unspecified atom stereocenters. The number of aryl methyl sites for hydroxylation is 1. The van der Waals surface area contributed by atoms with E-state index in [9.17, 15) is 9.59 Å². The molecule has 104 valence electrons. The number of carbonyl (C=O) groups excluding carboxylic acids is 1. The largest absolute Gasteiger partial charge is 0.484 e. The van der Waals surface area contributed by atoms with Gasteiger partial charge in [0.2, 0.25) is 5.89 Å². The van der Waals surface area contributed by atoms with E-state index in [1.165, 1.54) is 18.2 Å². The van der Waals surface area contributed by atoms with Gasteiger partial charge in [0.05, 0.1) is 5.56 Å². The second-order valence-corrected chi connectivity index (χ2v) is 3.80. The molecule has 0 saturated carbocycles. The molecule has 1 aromatic carbocycles. The van der Waals surface area contributed by atoms with Crippen molar-refractivity contribution in [3.63, 3.8) is 0 Å². The monoisotopic (exact) mass is 277 g/mol. The number of benzene rings is 1. The van der Waals surface area contributed by atoms with Crippen molar-refractivity contribution in [2.75, 3.05) is 11.9 Å². The summed E-state index contributed by atoms with van der Waals surface area (Å²) in [4.78, 5) is 22.3. The van der Waals surface area contributed by atoms with Crippen LogP contribution in [0.5, 0.6) is 5.75 Å². The van der Waals surface area contributed by atoms with Gasteiger partial charge in [0.15, 0.2) is 6.61 Å². The van der Waals surface area contributed by atoms with Gasteiger partial charge in [-0.3, -0.25) is 10.1 Å². The highest BCUT2D eigenvalue weighted by molar-refractivity contribution is 5.90. The van der Waals surface area contributed by atoms with Crippen LogP contribution in [0, 0.1) is 6.92 Å². The molecule has 0 radical (unpaired) electrons. The lowest BCUT2D eigenvalue weighted by Gasteiger charge is -2.05. The fourth-order valence-corrected chi connectivity index (χ4v) is 1.37. The van der Waals surface area contributed by atoms with Crippen molar-refractivity contribution < 1.29 is 23.8 Å². The summed E-state index contributed by atoms with van der Waals surface area (Å²) >= 11 is 0. The van der Waals surface area contributed by atoms with Crippen molar-refractivity contribution in [2.45, 2.75) is 6.92 Å². The molecule has 0 fully saturated rings. The highest BCUT2D eigenvalue weighted by Gasteiger charge is 2.09. The molecule has 8 nitrogen and oxygen atoms in total. The van der Waals surface area contributed by atoms with Crippen molar-refractivity contribution >= 4 is 17.9 Å². The summed E-state index contributed by atoms with van der Waals surface area (Å²) in [5, 5.41) is 18.3. The van der Waals surface area contributed by atoms with Crippen molar-refractivity contribution in [3.05, 3.63) is 35.7 Å². The number of anilines is 1. The van der Waals surface area contributed by atoms with Gasteiger partial charge in [0, 0.05) is 6.92 Å². The lowest BCUT2D eigenvalue weighted by molar-refractivity contribution is -0.118. The zero-order chi connectivity index (χ0) is 14.5. The van der Waals surface area contributed by atoms with Crippen LogP contribution in [-0.2, 0) is 4.79 Å². The van der Waals surface area contributed by atoms with Crippen molar-refractivity contribution in [1.29, 1.82) is 0 Å². The molecule has 20 heavy (non-hydrogen) atoms. The van der Waals surface area contributed by atoms with Gasteiger partial charge in [-0.25, -0.2) is 4.79 Å². The third-order valence-corrected chi connectivity index (χ3v) is 2.22. The first-order valence-corrected chi connectivity index (χ1v) is 5.61. The van der Waals surface area contributed by atoms with Gasteiger partial charge in [-0.1, -0.05) is 11.2 Å². The van der Waals surface area contributed by atoms with Gasteiger partial charge in [-0.15, -0.1) is 5.10 Å². The van der Waals surface area contributed by atoms with Crippen molar-refractivity contribution in [3.8, 4) is 5.75 Å². The molecule has 0 saturated heterocycles. The predicted octanol–water partition coefficient (Wildman–Crippen LogP) is 1.09. The van der Waals surface area contributed by atoms with Crippen LogP contribution in [0.2, 0.25) is 0 Å². The number of carboxylic acids is 1. The number of aromatic carboxylic acids is 1. The Labute approximate surface area is 113 Å². The summed E-state index contributed by atoms with van der Waals surface area (Å²) in [5.41, 5.74) is 0.0791. The molecule has 2 aromatic rings. The first-order valence-electron chi connectivity index (χ1n) is 5.61. The standard InChI is InChI=1S/C12H11N3O5/c1-7-14-15-12(20-7)13-10(16)6-19-9-4-2-3-8(5-9)11(17)18/h2-5H,6H2,1H3,(H,17,18)(H,13,15,16). The normalized spacial score (nSPS) is 10.1. The molecule has 1 aromatic heterocycles. The Bertz CT molecular complexity index is 638. The number of amides is 1. The van der Waals surface area contributed by atoms with Gasteiger partial charge in [0.1, 0.15) is 5.75 Å². The number of nitrogens with one attached hydrogen (secondary N) is 1. The molecule has 0 aliphatic carbocycles. The molecule has 1 amide bonds. The number of ether oxygens (including phenoxy) is 1. The summed E-state index contributed by atoms with van der Waals surface area (Å²) < 4.78 is 10.1.